The van der Waals surface area contributed by atoms with E-state index >= 15 is 0 Å². The van der Waals surface area contributed by atoms with Crippen LogP contribution in [0.15, 0.2) is 10.6 Å². The third kappa shape index (κ3) is 16.6. The highest BCUT2D eigenvalue weighted by Crippen LogP contribution is 2.13. The van der Waals surface area contributed by atoms with Gasteiger partial charge in [-0.05, 0) is 25.4 Å². The quantitative estimate of drug-likeness (QED) is 0.219. The van der Waals surface area contributed by atoms with E-state index in [9.17, 15) is 4.79 Å². The van der Waals surface area contributed by atoms with Gasteiger partial charge in [-0.2, -0.15) is 0 Å². The fourth-order valence-corrected chi connectivity index (χ4v) is 3.51. The van der Waals surface area contributed by atoms with Crippen LogP contribution in [0.3, 0.4) is 0 Å². The zero-order valence-electron chi connectivity index (χ0n) is 20.0. The second-order valence-corrected chi connectivity index (χ2v) is 8.49. The molecule has 179 valence electrons. The number of hydrogen-bond donors (Lipinski definition) is 1. The number of unbranched alkanes of at least 4 members (excludes halogenated alkanes) is 14. The van der Waals surface area contributed by atoms with Gasteiger partial charge in [-0.3, -0.25) is 0 Å². The predicted molar refractivity (Wildman–Crippen MR) is 125 cm³/mol. The predicted octanol–water partition coefficient (Wildman–Crippen LogP) is 7.16. The third-order valence-corrected chi connectivity index (χ3v) is 5.34. The number of aromatic nitrogens is 1. The number of alkyl carbamates (subject to hydrolysis) is 1. The maximum Gasteiger partial charge on any atom is 0.407 e. The van der Waals surface area contributed by atoms with Crippen LogP contribution < -0.4 is 10.1 Å². The molecule has 1 rings (SSSR count). The van der Waals surface area contributed by atoms with Gasteiger partial charge >= 0.3 is 6.09 Å². The molecule has 1 heterocycles. The first-order chi connectivity index (χ1) is 15.1. The highest BCUT2D eigenvalue weighted by atomic mass is 16.6. The first-order valence-electron chi connectivity index (χ1n) is 12.5. The minimum Gasteiger partial charge on any atom is -0.469 e. The van der Waals surface area contributed by atoms with Crippen molar-refractivity contribution < 1.29 is 18.8 Å². The molecule has 1 atom stereocenters. The monoisotopic (exact) mass is 437 g/mol. The maximum absolute atomic E-state index is 11.7. The fraction of sp³-hybridized carbons (Fsp3) is 0.800. The van der Waals surface area contributed by atoms with Crippen LogP contribution >= 0.6 is 0 Å². The summed E-state index contributed by atoms with van der Waals surface area (Å²) in [5.74, 6) is 1.00. The Balaban J connectivity index is 1.80. The molecule has 0 aliphatic heterocycles. The van der Waals surface area contributed by atoms with E-state index in [-0.39, 0.29) is 6.61 Å². The molecule has 0 unspecified atom stereocenters. The summed E-state index contributed by atoms with van der Waals surface area (Å²) in [5.41, 5.74) is 0. The van der Waals surface area contributed by atoms with Gasteiger partial charge < -0.3 is 19.3 Å². The minimum absolute atomic E-state index is 0.0661. The zero-order valence-corrected chi connectivity index (χ0v) is 20.0. The van der Waals surface area contributed by atoms with Crippen LogP contribution in [0.4, 0.5) is 4.79 Å². The summed E-state index contributed by atoms with van der Waals surface area (Å²) in [7, 11) is 0. The molecule has 1 radical (unpaired) electrons. The van der Waals surface area contributed by atoms with Crippen molar-refractivity contribution in [3.8, 4) is 5.88 Å². The van der Waals surface area contributed by atoms with Crippen molar-refractivity contribution >= 4 is 6.09 Å². The summed E-state index contributed by atoms with van der Waals surface area (Å²) in [6.07, 6.45) is 19.0. The van der Waals surface area contributed by atoms with Crippen molar-refractivity contribution in [1.82, 2.24) is 10.5 Å². The van der Waals surface area contributed by atoms with Crippen molar-refractivity contribution in [3.63, 3.8) is 0 Å². The van der Waals surface area contributed by atoms with E-state index in [0.29, 0.717) is 18.2 Å². The van der Waals surface area contributed by atoms with Gasteiger partial charge in [-0.15, -0.1) is 0 Å². The van der Waals surface area contributed by atoms with Crippen LogP contribution in [0.25, 0.3) is 0 Å². The molecule has 0 aliphatic rings. The Morgan fingerprint density at radius 1 is 0.968 bits per heavy atom. The molecule has 6 heteroatoms. The van der Waals surface area contributed by atoms with Gasteiger partial charge in [0.15, 0.2) is 0 Å². The van der Waals surface area contributed by atoms with Crippen LogP contribution in [0.5, 0.6) is 5.88 Å². The van der Waals surface area contributed by atoms with Gasteiger partial charge in [0.25, 0.3) is 5.88 Å². The molecular weight excluding hydrogens is 392 g/mol. The number of carbonyl (C=O) groups excluding carboxylic acids is 1. The summed E-state index contributed by atoms with van der Waals surface area (Å²) in [6.45, 7) is 8.54. The van der Waals surface area contributed by atoms with E-state index in [1.807, 2.05) is 0 Å². The maximum atomic E-state index is 11.7. The normalized spacial score (nSPS) is 12.0. The SMILES string of the molecule is [CH2][C@@H](COC(=O)NCCCCCCCCCCCCCCCCC)Oc1cc(C)on1. The van der Waals surface area contributed by atoms with Crippen LogP contribution in [0.2, 0.25) is 0 Å². The number of nitrogens with zero attached hydrogens (tertiary/aromatic N) is 1. The third-order valence-electron chi connectivity index (χ3n) is 5.34. The summed E-state index contributed by atoms with van der Waals surface area (Å²) < 4.78 is 15.4. The molecule has 0 aliphatic carbocycles. The Bertz CT molecular complexity index is 547. The molecule has 1 aromatic heterocycles. The molecule has 1 aromatic rings. The van der Waals surface area contributed by atoms with Crippen molar-refractivity contribution in [1.29, 1.82) is 0 Å². The first kappa shape index (κ1) is 27.3. The van der Waals surface area contributed by atoms with Gasteiger partial charge in [0.1, 0.15) is 18.5 Å². The lowest BCUT2D eigenvalue weighted by Crippen LogP contribution is -2.29. The van der Waals surface area contributed by atoms with E-state index in [4.69, 9.17) is 14.0 Å². The highest BCUT2D eigenvalue weighted by molar-refractivity contribution is 5.67. The second kappa shape index (κ2) is 19.0. The molecular formula is C25H45N2O4. The van der Waals surface area contributed by atoms with E-state index < -0.39 is 12.2 Å². The fourth-order valence-electron chi connectivity index (χ4n) is 3.51. The number of rotatable bonds is 20. The Hall–Kier alpha value is -1.72. The van der Waals surface area contributed by atoms with Gasteiger partial charge in [-0.25, -0.2) is 4.79 Å². The van der Waals surface area contributed by atoms with E-state index in [1.54, 1.807) is 13.0 Å². The number of ether oxygens (including phenoxy) is 2. The van der Waals surface area contributed by atoms with E-state index in [1.165, 1.54) is 83.5 Å². The number of nitrogens with one attached hydrogen (secondary N) is 1. The molecule has 0 saturated heterocycles. The number of amides is 1. The largest absolute Gasteiger partial charge is 0.469 e. The Labute approximate surface area is 189 Å². The minimum atomic E-state index is -0.527. The molecule has 1 N–H and O–H groups in total. The molecule has 0 saturated carbocycles. The van der Waals surface area contributed by atoms with Gasteiger partial charge in [0.05, 0.1) is 0 Å². The standard InChI is InChI=1S/C25H45N2O4/c1-4-5-6-7-8-9-10-11-12-13-14-15-16-17-18-19-26-25(28)29-21-23(3)30-24-20-22(2)31-27-24/h20,23H,3-19,21H2,1-2H3,(H,26,28)/t23-/m0/s1. The summed E-state index contributed by atoms with van der Waals surface area (Å²) in [6, 6.07) is 1.66. The molecule has 6 nitrogen and oxygen atoms in total. The average Bonchev–Trinajstić information content (AvgIpc) is 3.16. The van der Waals surface area contributed by atoms with Gasteiger partial charge in [0, 0.05) is 12.6 Å². The van der Waals surface area contributed by atoms with Crippen molar-refractivity contribution in [2.24, 2.45) is 0 Å². The summed E-state index contributed by atoms with van der Waals surface area (Å²) >= 11 is 0. The average molecular weight is 438 g/mol. The van der Waals surface area contributed by atoms with Crippen LogP contribution in [-0.2, 0) is 4.74 Å². The molecule has 0 fully saturated rings. The molecule has 0 aromatic carbocycles. The number of aryl methyl sites for hydroxylation is 1. The van der Waals surface area contributed by atoms with Crippen molar-refractivity contribution in [2.45, 2.75) is 116 Å². The lowest BCUT2D eigenvalue weighted by atomic mass is 10.0. The Kier molecular flexibility index (Phi) is 16.7. The lowest BCUT2D eigenvalue weighted by Gasteiger charge is -2.12. The second-order valence-electron chi connectivity index (χ2n) is 8.49. The smallest absolute Gasteiger partial charge is 0.407 e. The van der Waals surface area contributed by atoms with Gasteiger partial charge in [0.2, 0.25) is 0 Å². The van der Waals surface area contributed by atoms with Crippen LogP contribution in [0.1, 0.15) is 109 Å². The Morgan fingerprint density at radius 3 is 1.97 bits per heavy atom. The number of carbonyl (C=O) groups is 1. The molecule has 31 heavy (non-hydrogen) atoms. The zero-order chi connectivity index (χ0) is 22.6. The van der Waals surface area contributed by atoms with Crippen molar-refractivity contribution in [2.75, 3.05) is 13.2 Å². The summed E-state index contributed by atoms with van der Waals surface area (Å²) in [4.78, 5) is 11.7. The molecule has 1 amide bonds. The van der Waals surface area contributed by atoms with E-state index in [2.05, 4.69) is 24.3 Å². The van der Waals surface area contributed by atoms with E-state index in [0.717, 1.165) is 12.8 Å². The molecule has 0 spiro atoms. The first-order valence-corrected chi connectivity index (χ1v) is 12.5. The van der Waals surface area contributed by atoms with Crippen LogP contribution in [-0.4, -0.2) is 30.5 Å². The van der Waals surface area contributed by atoms with Gasteiger partial charge in [-0.1, -0.05) is 96.8 Å². The van der Waals surface area contributed by atoms with Crippen LogP contribution in [0, 0.1) is 13.8 Å². The Morgan fingerprint density at radius 2 is 1.48 bits per heavy atom. The number of hydrogen-bond acceptors (Lipinski definition) is 5. The lowest BCUT2D eigenvalue weighted by molar-refractivity contribution is 0.0964. The van der Waals surface area contributed by atoms with Crippen molar-refractivity contribution in [3.05, 3.63) is 18.8 Å². The topological polar surface area (TPSA) is 73.6 Å². The molecule has 0 bridgehead atoms. The highest BCUT2D eigenvalue weighted by Gasteiger charge is 2.10. The summed E-state index contributed by atoms with van der Waals surface area (Å²) in [5, 5.41) is 6.49.